The van der Waals surface area contributed by atoms with E-state index in [1.54, 1.807) is 31.2 Å². The van der Waals surface area contributed by atoms with Crippen molar-refractivity contribution in [3.8, 4) is 5.75 Å². The summed E-state index contributed by atoms with van der Waals surface area (Å²) in [5.41, 5.74) is -0.684. The minimum atomic E-state index is -5.30. The van der Waals surface area contributed by atoms with Crippen LogP contribution in [0, 0.1) is 6.92 Å². The summed E-state index contributed by atoms with van der Waals surface area (Å²) in [6, 6.07) is 13.5. The molecule has 0 saturated carbocycles. The zero-order valence-corrected chi connectivity index (χ0v) is 35.5. The first kappa shape index (κ1) is 44.3. The average molecular weight is 788 g/mol. The van der Waals surface area contributed by atoms with Crippen molar-refractivity contribution in [1.82, 2.24) is 15.0 Å². The zero-order valence-electron chi connectivity index (χ0n) is 26.3. The molecule has 0 fully saturated rings. The number of aromatic nitrogens is 3. The molecule has 244 valence electrons. The van der Waals surface area contributed by atoms with E-state index in [4.69, 9.17) is 11.6 Å². The van der Waals surface area contributed by atoms with Gasteiger partial charge in [0.2, 0.25) is 17.2 Å². The molecule has 1 aromatic heterocycles. The molecule has 17 nitrogen and oxygen atoms in total. The third-order valence-electron chi connectivity index (χ3n) is 6.31. The fourth-order valence-corrected chi connectivity index (χ4v) is 6.21. The molecule has 4 aromatic carbocycles. The topological polar surface area (TPSA) is 279 Å². The van der Waals surface area contributed by atoms with Crippen LogP contribution in [-0.2, 0) is 30.4 Å². The van der Waals surface area contributed by atoms with Crippen LogP contribution in [0.2, 0.25) is 5.28 Å². The van der Waals surface area contributed by atoms with Gasteiger partial charge in [0, 0.05) is 11.4 Å². The molecule has 0 saturated heterocycles. The number of para-hydroxylation sites is 1. The van der Waals surface area contributed by atoms with Crippen molar-refractivity contribution in [3.63, 3.8) is 0 Å². The van der Waals surface area contributed by atoms with Gasteiger partial charge in [-0.25, -0.2) is 16.8 Å². The molecule has 3 N–H and O–H groups in total. The molecule has 1 heterocycles. The monoisotopic (exact) mass is 787 g/mol. The van der Waals surface area contributed by atoms with Crippen LogP contribution in [0.1, 0.15) is 5.56 Å². The maximum atomic E-state index is 13.8. The summed E-state index contributed by atoms with van der Waals surface area (Å²) in [7, 11) is -15.6. The van der Waals surface area contributed by atoms with Crippen molar-refractivity contribution >= 4 is 87.4 Å². The molecular weight excluding hydrogens is 771 g/mol. The van der Waals surface area contributed by atoms with Gasteiger partial charge in [-0.3, -0.25) is 4.55 Å². The smallest absolute Gasteiger partial charge is 0.870 e. The first-order chi connectivity index (χ1) is 21.9. The quantitative estimate of drug-likeness (QED) is 0.0717. The third kappa shape index (κ3) is 10.4. The number of nitrogens with one attached hydrogen (secondary N) is 2. The minimum Gasteiger partial charge on any atom is -0.870 e. The maximum Gasteiger partial charge on any atom is 1.00 e. The number of halogens is 1. The fourth-order valence-electron chi connectivity index (χ4n) is 4.25. The van der Waals surface area contributed by atoms with Gasteiger partial charge in [-0.2, -0.15) is 23.4 Å². The van der Waals surface area contributed by atoms with Crippen molar-refractivity contribution in [2.45, 2.75) is 21.6 Å². The van der Waals surface area contributed by atoms with E-state index in [0.29, 0.717) is 17.8 Å². The predicted molar refractivity (Wildman–Crippen MR) is 162 cm³/mol. The zero-order chi connectivity index (χ0) is 34.3. The van der Waals surface area contributed by atoms with Crippen LogP contribution in [0.3, 0.4) is 0 Å². The third-order valence-corrected chi connectivity index (χ3v) is 9.04. The number of anilines is 4. The molecule has 24 heteroatoms. The number of azo groups is 1. The molecule has 0 bridgehead atoms. The number of hydrogen-bond acceptors (Lipinski definition) is 16. The van der Waals surface area contributed by atoms with Gasteiger partial charge in [-0.15, -0.1) is 10.2 Å². The van der Waals surface area contributed by atoms with E-state index >= 15 is 0 Å². The number of fused-ring (bicyclic) bond motifs is 1. The Morgan fingerprint density at radius 2 is 1.32 bits per heavy atom. The Bertz CT molecular complexity index is 2460. The Balaban J connectivity index is 0.00000289. The molecular formula is C26H17ClN7Na3O10S3. The molecule has 0 unspecified atom stereocenters. The Morgan fingerprint density at radius 3 is 1.90 bits per heavy atom. The number of nitrogens with zero attached hydrogens (tertiary/aromatic N) is 5. The van der Waals surface area contributed by atoms with Crippen LogP contribution in [-0.4, -0.2) is 53.9 Å². The van der Waals surface area contributed by atoms with Gasteiger partial charge < -0.3 is 24.8 Å². The Morgan fingerprint density at radius 1 is 0.740 bits per heavy atom. The molecule has 5 rings (SSSR count). The standard InChI is InChI=1S/C26H20ClN7O10S3.3Na/c1-13-6-2-3-7-16(13)28-25-30-24(27)31-26(32-25)29-18-12-15(45(36,37)38)10-14-11-20(47(42,43)44)22(23(35)21(14)18)34-33-17-8-4-5-9-19(17)46(39,40)41;;;/h2-12,35H,1H3,(H,36,37,38)(H,39,40,41)(H,42,43,44)(H2,28,29,30,31,32);;;/q;3*+1/p-3. The van der Waals surface area contributed by atoms with Crippen LogP contribution in [0.15, 0.2) is 91.6 Å². The van der Waals surface area contributed by atoms with Crippen molar-refractivity contribution in [1.29, 1.82) is 0 Å². The first-order valence-electron chi connectivity index (χ1n) is 12.6. The van der Waals surface area contributed by atoms with E-state index in [1.807, 2.05) is 0 Å². The molecule has 0 aliphatic rings. The number of hydrogen-bond donors (Lipinski definition) is 3. The van der Waals surface area contributed by atoms with Gasteiger partial charge in [0.15, 0.2) is 0 Å². The number of aryl methyl sites for hydroxylation is 1. The van der Waals surface area contributed by atoms with E-state index in [2.05, 4.69) is 35.8 Å². The van der Waals surface area contributed by atoms with Crippen LogP contribution >= 0.6 is 11.6 Å². The first-order valence-corrected chi connectivity index (χ1v) is 17.3. The molecule has 0 radical (unpaired) electrons. The van der Waals surface area contributed by atoms with E-state index in [1.165, 1.54) is 12.1 Å². The molecule has 0 aliphatic carbocycles. The number of rotatable bonds is 9. The summed E-state index contributed by atoms with van der Waals surface area (Å²) in [5, 5.41) is 25.1. The molecule has 0 atom stereocenters. The molecule has 0 amide bonds. The molecule has 50 heavy (non-hydrogen) atoms. The van der Waals surface area contributed by atoms with Gasteiger partial charge in [0.05, 0.1) is 15.5 Å². The summed E-state index contributed by atoms with van der Waals surface area (Å²) in [6.07, 6.45) is 0. The second-order valence-corrected chi connectivity index (χ2v) is 13.9. The molecule has 5 aromatic rings. The van der Waals surface area contributed by atoms with Gasteiger partial charge in [0.25, 0.3) is 10.1 Å². The van der Waals surface area contributed by atoms with Crippen LogP contribution < -0.4 is 104 Å². The van der Waals surface area contributed by atoms with Crippen molar-refractivity contribution in [3.05, 3.63) is 77.6 Å². The Hall–Kier alpha value is -1.83. The van der Waals surface area contributed by atoms with Crippen molar-refractivity contribution < 1.29 is 133 Å². The predicted octanol–water partition coefficient (Wildman–Crippen LogP) is -4.97. The van der Waals surface area contributed by atoms with Crippen LogP contribution in [0.4, 0.5) is 34.6 Å². The summed E-state index contributed by atoms with van der Waals surface area (Å²) in [6.45, 7) is 1.80. The maximum absolute atomic E-state index is 13.8. The van der Waals surface area contributed by atoms with Gasteiger partial charge in [-0.1, -0.05) is 36.1 Å². The summed E-state index contributed by atoms with van der Waals surface area (Å²) in [4.78, 5) is 9.09. The van der Waals surface area contributed by atoms with Crippen LogP contribution in [0.25, 0.3) is 10.8 Å². The van der Waals surface area contributed by atoms with Crippen LogP contribution in [0.5, 0.6) is 5.75 Å². The van der Waals surface area contributed by atoms with E-state index in [9.17, 15) is 44.0 Å². The SMILES string of the molecule is Cc1ccccc1Nc1nc(Cl)nc(Nc2cc(S(=O)(=O)[O-])cc3cc(S(=O)(=O)O)c(N=Nc4ccccc4S(=O)(=O)[O-])c([O-])c23)n1.[Na+].[Na+].[Na+]. The van der Waals surface area contributed by atoms with Crippen molar-refractivity contribution in [2.24, 2.45) is 10.2 Å². The minimum absolute atomic E-state index is 0. The van der Waals surface area contributed by atoms with E-state index in [0.717, 1.165) is 23.8 Å². The summed E-state index contributed by atoms with van der Waals surface area (Å²) >= 11 is 6.08. The van der Waals surface area contributed by atoms with Crippen molar-refractivity contribution in [2.75, 3.05) is 10.6 Å². The molecule has 0 spiro atoms. The normalized spacial score (nSPS) is 11.7. The number of benzene rings is 4. The summed E-state index contributed by atoms with van der Waals surface area (Å²) in [5.74, 6) is -1.74. The Kier molecular flexibility index (Phi) is 15.4. The summed E-state index contributed by atoms with van der Waals surface area (Å²) < 4.78 is 106. The second-order valence-electron chi connectivity index (χ2n) is 9.49. The Labute approximate surface area is 356 Å². The van der Waals surface area contributed by atoms with E-state index < -0.39 is 78.6 Å². The fraction of sp³-hybridized carbons (Fsp3) is 0.0385. The van der Waals surface area contributed by atoms with Gasteiger partial charge in [-0.05, 0) is 71.3 Å². The van der Waals surface area contributed by atoms with E-state index in [-0.39, 0.29) is 106 Å². The second kappa shape index (κ2) is 17.3. The van der Waals surface area contributed by atoms with Gasteiger partial charge in [0.1, 0.15) is 30.8 Å². The average Bonchev–Trinajstić information content (AvgIpc) is 2.96. The van der Waals surface area contributed by atoms with Gasteiger partial charge >= 0.3 is 88.7 Å². The molecule has 0 aliphatic heterocycles. The largest absolute Gasteiger partial charge is 1.00 e.